The van der Waals surface area contributed by atoms with Crippen molar-refractivity contribution >= 4 is 44.1 Å². The van der Waals surface area contributed by atoms with E-state index >= 15 is 0 Å². The summed E-state index contributed by atoms with van der Waals surface area (Å²) >= 11 is 4.75. The van der Waals surface area contributed by atoms with Crippen molar-refractivity contribution in [3.63, 3.8) is 0 Å². The molecule has 1 N–H and O–H groups in total. The molecule has 1 heterocycles. The Bertz CT molecular complexity index is 1110. The van der Waals surface area contributed by atoms with Crippen LogP contribution in [-0.4, -0.2) is 25.6 Å². The van der Waals surface area contributed by atoms with E-state index in [0.29, 0.717) is 22.7 Å². The Balaban J connectivity index is 1.83. The highest BCUT2D eigenvalue weighted by molar-refractivity contribution is 9.10. The maximum Gasteiger partial charge on any atom is 0.341 e. The summed E-state index contributed by atoms with van der Waals surface area (Å²) in [5, 5.41) is 3.25. The van der Waals surface area contributed by atoms with Gasteiger partial charge in [0.15, 0.2) is 6.61 Å². The van der Waals surface area contributed by atoms with E-state index < -0.39 is 5.97 Å². The third-order valence-corrected chi connectivity index (χ3v) is 6.10. The number of nitrogens with one attached hydrogen (secondary N) is 1. The third-order valence-electron chi connectivity index (χ3n) is 4.56. The summed E-state index contributed by atoms with van der Waals surface area (Å²) in [6.07, 6.45) is 2.42. The summed E-state index contributed by atoms with van der Waals surface area (Å²) in [6, 6.07) is 15.1. The molecule has 0 aliphatic carbocycles. The second-order valence-electron chi connectivity index (χ2n) is 6.67. The molecule has 1 aromatic heterocycles. The topological polar surface area (TPSA) is 64.6 Å². The molecule has 3 aromatic rings. The van der Waals surface area contributed by atoms with E-state index in [1.165, 1.54) is 18.4 Å². The molecule has 0 fully saturated rings. The molecule has 5 nitrogen and oxygen atoms in total. The number of allylic oxidation sites excluding steroid dienone is 1. The fourth-order valence-corrected chi connectivity index (χ4v) is 4.51. The monoisotopic (exact) mass is 499 g/mol. The average molecular weight is 500 g/mol. The molecule has 0 radical (unpaired) electrons. The lowest BCUT2D eigenvalue weighted by molar-refractivity contribution is -0.118. The van der Waals surface area contributed by atoms with E-state index in [2.05, 4.69) is 27.8 Å². The number of carbonyl (C=O) groups is 2. The summed E-state index contributed by atoms with van der Waals surface area (Å²) in [5.74, 6) is -0.236. The molecule has 0 atom stereocenters. The molecule has 0 aliphatic heterocycles. The SMILES string of the molecule is C=CCc1ccccc1OCC(=O)Nc1sc(C)c(-c2ccc(Br)cc2)c1C(=O)OC. The van der Waals surface area contributed by atoms with Gasteiger partial charge in [0, 0.05) is 14.9 Å². The lowest BCUT2D eigenvalue weighted by Gasteiger charge is -2.11. The smallest absolute Gasteiger partial charge is 0.341 e. The summed E-state index contributed by atoms with van der Waals surface area (Å²) in [6.45, 7) is 5.47. The fraction of sp³-hybridized carbons (Fsp3) is 0.167. The summed E-state index contributed by atoms with van der Waals surface area (Å²) in [5.41, 5.74) is 2.90. The van der Waals surface area contributed by atoms with Gasteiger partial charge in [0.25, 0.3) is 5.91 Å². The Morgan fingerprint density at radius 1 is 1.16 bits per heavy atom. The number of methoxy groups -OCH3 is 1. The van der Waals surface area contributed by atoms with Crippen LogP contribution in [0, 0.1) is 6.92 Å². The number of para-hydroxylation sites is 1. The molecule has 0 unspecified atom stereocenters. The van der Waals surface area contributed by atoms with Crippen LogP contribution in [0.15, 0.2) is 65.7 Å². The zero-order chi connectivity index (χ0) is 22.4. The number of esters is 1. The number of hydrogen-bond acceptors (Lipinski definition) is 5. The maximum atomic E-state index is 12.6. The average Bonchev–Trinajstić information content (AvgIpc) is 3.08. The minimum Gasteiger partial charge on any atom is -0.483 e. The van der Waals surface area contributed by atoms with Gasteiger partial charge in [0.1, 0.15) is 16.3 Å². The highest BCUT2D eigenvalue weighted by Crippen LogP contribution is 2.40. The first kappa shape index (κ1) is 22.8. The molecule has 31 heavy (non-hydrogen) atoms. The number of benzene rings is 2. The first-order valence-corrected chi connectivity index (χ1v) is 11.1. The van der Waals surface area contributed by atoms with Crippen LogP contribution in [0.5, 0.6) is 5.75 Å². The lowest BCUT2D eigenvalue weighted by Crippen LogP contribution is -2.21. The van der Waals surface area contributed by atoms with Crippen molar-refractivity contribution in [1.82, 2.24) is 0 Å². The van der Waals surface area contributed by atoms with E-state index in [1.807, 2.05) is 55.5 Å². The Hall–Kier alpha value is -2.90. The second-order valence-corrected chi connectivity index (χ2v) is 8.81. The lowest BCUT2D eigenvalue weighted by atomic mass is 10.0. The van der Waals surface area contributed by atoms with Crippen molar-refractivity contribution in [3.05, 3.63) is 81.7 Å². The van der Waals surface area contributed by atoms with Crippen LogP contribution in [-0.2, 0) is 16.0 Å². The Morgan fingerprint density at radius 2 is 1.87 bits per heavy atom. The Morgan fingerprint density at radius 3 is 2.55 bits per heavy atom. The molecule has 7 heteroatoms. The van der Waals surface area contributed by atoms with Crippen LogP contribution in [0.3, 0.4) is 0 Å². The van der Waals surface area contributed by atoms with Crippen molar-refractivity contribution in [2.45, 2.75) is 13.3 Å². The minimum atomic E-state index is -0.505. The van der Waals surface area contributed by atoms with Gasteiger partial charge in [0.2, 0.25) is 0 Å². The molecule has 0 spiro atoms. The van der Waals surface area contributed by atoms with Gasteiger partial charge in [-0.05, 0) is 42.7 Å². The van der Waals surface area contributed by atoms with Crippen LogP contribution in [0.4, 0.5) is 5.00 Å². The van der Waals surface area contributed by atoms with Crippen molar-refractivity contribution < 1.29 is 19.1 Å². The van der Waals surface area contributed by atoms with Crippen LogP contribution < -0.4 is 10.1 Å². The van der Waals surface area contributed by atoms with Crippen molar-refractivity contribution in [3.8, 4) is 16.9 Å². The first-order valence-electron chi connectivity index (χ1n) is 9.53. The Kier molecular flexibility index (Phi) is 7.65. The number of aryl methyl sites for hydroxylation is 1. The quantitative estimate of drug-likeness (QED) is 0.304. The zero-order valence-electron chi connectivity index (χ0n) is 17.2. The molecule has 1 amide bonds. The summed E-state index contributed by atoms with van der Waals surface area (Å²) in [4.78, 5) is 26.1. The molecule has 3 rings (SSSR count). The van der Waals surface area contributed by atoms with Crippen LogP contribution in [0.1, 0.15) is 20.8 Å². The number of hydrogen-bond donors (Lipinski definition) is 1. The highest BCUT2D eigenvalue weighted by atomic mass is 79.9. The second kappa shape index (κ2) is 10.4. The van der Waals surface area contributed by atoms with Crippen molar-refractivity contribution in [1.29, 1.82) is 0 Å². The number of amides is 1. The number of carbonyl (C=O) groups excluding carboxylic acids is 2. The van der Waals surface area contributed by atoms with E-state index in [9.17, 15) is 9.59 Å². The number of ether oxygens (including phenoxy) is 2. The van der Waals surface area contributed by atoms with E-state index in [0.717, 1.165) is 26.0 Å². The fourth-order valence-electron chi connectivity index (χ4n) is 3.17. The maximum absolute atomic E-state index is 12.6. The van der Waals surface area contributed by atoms with Gasteiger partial charge in [0.05, 0.1) is 7.11 Å². The normalized spacial score (nSPS) is 10.4. The number of rotatable bonds is 8. The van der Waals surface area contributed by atoms with E-state index in [4.69, 9.17) is 9.47 Å². The predicted octanol–water partition coefficient (Wildman–Crippen LogP) is 6.02. The number of halogens is 1. The highest BCUT2D eigenvalue weighted by Gasteiger charge is 2.25. The van der Waals surface area contributed by atoms with E-state index in [-0.39, 0.29) is 12.5 Å². The van der Waals surface area contributed by atoms with Crippen LogP contribution in [0.2, 0.25) is 0 Å². The largest absolute Gasteiger partial charge is 0.483 e. The van der Waals surface area contributed by atoms with Crippen LogP contribution >= 0.6 is 27.3 Å². The molecular formula is C24H22BrNO4S. The van der Waals surface area contributed by atoms with Gasteiger partial charge in [-0.15, -0.1) is 17.9 Å². The van der Waals surface area contributed by atoms with Gasteiger partial charge in [-0.2, -0.15) is 0 Å². The standard InChI is InChI=1S/C24H22BrNO4S/c1-4-7-16-8-5-6-9-19(16)30-14-20(27)26-23-22(24(28)29-3)21(15(2)31-23)17-10-12-18(25)13-11-17/h4-6,8-13H,1,7,14H2,2-3H3,(H,26,27). The predicted molar refractivity (Wildman–Crippen MR) is 128 cm³/mol. The van der Waals surface area contributed by atoms with Crippen molar-refractivity contribution in [2.24, 2.45) is 0 Å². The molecule has 0 aliphatic rings. The van der Waals surface area contributed by atoms with Gasteiger partial charge in [-0.3, -0.25) is 4.79 Å². The summed E-state index contributed by atoms with van der Waals surface area (Å²) < 4.78 is 11.6. The number of thiophene rings is 1. The van der Waals surface area contributed by atoms with Crippen molar-refractivity contribution in [2.75, 3.05) is 19.0 Å². The van der Waals surface area contributed by atoms with Crippen LogP contribution in [0.25, 0.3) is 11.1 Å². The molecule has 160 valence electrons. The molecule has 0 saturated carbocycles. The van der Waals surface area contributed by atoms with Gasteiger partial charge < -0.3 is 14.8 Å². The molecular weight excluding hydrogens is 478 g/mol. The molecule has 2 aromatic carbocycles. The Labute approximate surface area is 193 Å². The summed E-state index contributed by atoms with van der Waals surface area (Å²) in [7, 11) is 1.33. The zero-order valence-corrected chi connectivity index (χ0v) is 19.6. The van der Waals surface area contributed by atoms with Gasteiger partial charge in [-0.1, -0.05) is 52.3 Å². The van der Waals surface area contributed by atoms with Gasteiger partial charge >= 0.3 is 5.97 Å². The van der Waals surface area contributed by atoms with Gasteiger partial charge in [-0.25, -0.2) is 4.79 Å². The third kappa shape index (κ3) is 5.42. The molecule has 0 bridgehead atoms. The molecule has 0 saturated heterocycles. The minimum absolute atomic E-state index is 0.181. The number of anilines is 1. The first-order chi connectivity index (χ1) is 14.9. The van der Waals surface area contributed by atoms with E-state index in [1.54, 1.807) is 6.08 Å².